The van der Waals surface area contributed by atoms with Gasteiger partial charge in [-0.15, -0.1) is 0 Å². The van der Waals surface area contributed by atoms with Crippen molar-refractivity contribution in [3.05, 3.63) is 63.6 Å². The number of likely N-dealkylation sites (tertiary alicyclic amines) is 1. The molecule has 2 aliphatic heterocycles. The van der Waals surface area contributed by atoms with Gasteiger partial charge in [0, 0.05) is 56.3 Å². The molecule has 5 rings (SSSR count). The van der Waals surface area contributed by atoms with Crippen LogP contribution in [0.2, 0.25) is 10.0 Å². The maximum Gasteiger partial charge on any atom is 0.227 e. The first kappa shape index (κ1) is 28.7. The molecule has 0 radical (unpaired) electrons. The molecule has 1 aliphatic carbocycles. The van der Waals surface area contributed by atoms with Crippen LogP contribution in [0.25, 0.3) is 0 Å². The molecule has 0 N–H and O–H groups in total. The number of methoxy groups -OCH3 is 1. The minimum Gasteiger partial charge on any atom is -0.496 e. The molecule has 212 valence electrons. The van der Waals surface area contributed by atoms with E-state index in [4.69, 9.17) is 27.9 Å². The summed E-state index contributed by atoms with van der Waals surface area (Å²) < 4.78 is 5.51. The Morgan fingerprint density at radius 3 is 2.46 bits per heavy atom. The first-order valence-corrected chi connectivity index (χ1v) is 15.5. The number of carbonyl (C=O) groups excluding carboxylic acids is 1. The highest BCUT2D eigenvalue weighted by Crippen LogP contribution is 2.40. The van der Waals surface area contributed by atoms with Crippen LogP contribution in [0.4, 0.5) is 0 Å². The van der Waals surface area contributed by atoms with Crippen molar-refractivity contribution in [1.29, 1.82) is 0 Å². The molecule has 5 nitrogen and oxygen atoms in total. The van der Waals surface area contributed by atoms with Gasteiger partial charge in [0.1, 0.15) is 5.75 Å². The van der Waals surface area contributed by atoms with Gasteiger partial charge in [-0.3, -0.25) is 9.69 Å². The van der Waals surface area contributed by atoms with Crippen molar-refractivity contribution in [3.63, 3.8) is 0 Å². The van der Waals surface area contributed by atoms with E-state index in [2.05, 4.69) is 20.8 Å². The summed E-state index contributed by atoms with van der Waals surface area (Å²) >= 11 is 12.8. The van der Waals surface area contributed by atoms with E-state index in [1.165, 1.54) is 50.8 Å². The smallest absolute Gasteiger partial charge is 0.227 e. The third-order valence-corrected chi connectivity index (χ3v) is 10.1. The van der Waals surface area contributed by atoms with Crippen LogP contribution < -0.4 is 4.74 Å². The van der Waals surface area contributed by atoms with Crippen LogP contribution in [0, 0.1) is 0 Å². The average Bonchev–Trinajstić information content (AvgIpc) is 2.98. The van der Waals surface area contributed by atoms with E-state index in [0.717, 1.165) is 62.8 Å². The van der Waals surface area contributed by atoms with E-state index in [9.17, 15) is 4.79 Å². The Bertz CT molecular complexity index is 1110. The van der Waals surface area contributed by atoms with Gasteiger partial charge in [0.25, 0.3) is 0 Å². The number of rotatable bonds is 8. The van der Waals surface area contributed by atoms with Crippen molar-refractivity contribution in [2.75, 3.05) is 52.9 Å². The number of hydrogen-bond acceptors (Lipinski definition) is 4. The molecule has 7 heteroatoms. The van der Waals surface area contributed by atoms with Crippen LogP contribution >= 0.6 is 23.2 Å². The van der Waals surface area contributed by atoms with Crippen molar-refractivity contribution < 1.29 is 9.53 Å². The maximum absolute atomic E-state index is 13.6. The van der Waals surface area contributed by atoms with E-state index in [0.29, 0.717) is 23.0 Å². The maximum atomic E-state index is 13.6. The van der Waals surface area contributed by atoms with Crippen LogP contribution in [0.5, 0.6) is 5.75 Å². The Morgan fingerprint density at radius 2 is 1.72 bits per heavy atom. The summed E-state index contributed by atoms with van der Waals surface area (Å²) in [5, 5.41) is 1.17. The van der Waals surface area contributed by atoms with Crippen LogP contribution in [-0.2, 0) is 16.6 Å². The molecular weight excluding hydrogens is 529 g/mol. The Balaban J connectivity index is 1.28. The summed E-state index contributed by atoms with van der Waals surface area (Å²) in [6.45, 7) is 7.14. The Labute approximate surface area is 244 Å². The van der Waals surface area contributed by atoms with E-state index in [1.54, 1.807) is 7.11 Å². The van der Waals surface area contributed by atoms with Crippen molar-refractivity contribution >= 4 is 29.1 Å². The lowest BCUT2D eigenvalue weighted by Crippen LogP contribution is -2.53. The SMILES string of the molecule is COc1ccccc1CC(=O)N1CCCC(CCN2CCN(C3CCCCC3)CC2)(c2ccc(Cl)c(Cl)c2)C1. The molecule has 1 unspecified atom stereocenters. The molecule has 2 saturated heterocycles. The van der Waals surface area contributed by atoms with Crippen molar-refractivity contribution in [2.24, 2.45) is 0 Å². The lowest BCUT2D eigenvalue weighted by molar-refractivity contribution is -0.132. The molecule has 3 aliphatic rings. The summed E-state index contributed by atoms with van der Waals surface area (Å²) in [4.78, 5) is 21.0. The summed E-state index contributed by atoms with van der Waals surface area (Å²) in [6.07, 6.45) is 10.3. The molecule has 39 heavy (non-hydrogen) atoms. The molecule has 2 aromatic carbocycles. The summed E-state index contributed by atoms with van der Waals surface area (Å²) in [5.41, 5.74) is 2.00. The van der Waals surface area contributed by atoms with Crippen LogP contribution in [0.3, 0.4) is 0 Å². The Hall–Kier alpha value is -1.79. The second-order valence-electron chi connectivity index (χ2n) is 11.7. The highest BCUT2D eigenvalue weighted by atomic mass is 35.5. The fourth-order valence-corrected chi connectivity index (χ4v) is 7.35. The Morgan fingerprint density at radius 1 is 0.949 bits per heavy atom. The zero-order valence-corrected chi connectivity index (χ0v) is 24.9. The minimum absolute atomic E-state index is 0.135. The molecule has 2 heterocycles. The first-order chi connectivity index (χ1) is 19.0. The molecule has 2 aromatic rings. The molecule has 3 fully saturated rings. The van der Waals surface area contributed by atoms with Gasteiger partial charge in [-0.2, -0.15) is 0 Å². The number of benzene rings is 2. The molecule has 1 amide bonds. The highest BCUT2D eigenvalue weighted by Gasteiger charge is 2.39. The number of amides is 1. The Kier molecular flexibility index (Phi) is 9.76. The number of para-hydroxylation sites is 1. The zero-order valence-electron chi connectivity index (χ0n) is 23.3. The van der Waals surface area contributed by atoms with Crippen LogP contribution in [0.1, 0.15) is 62.5 Å². The van der Waals surface area contributed by atoms with Gasteiger partial charge in [-0.1, -0.05) is 66.7 Å². The van der Waals surface area contributed by atoms with Crippen LogP contribution in [-0.4, -0.2) is 79.6 Å². The van der Waals surface area contributed by atoms with E-state index in [1.807, 2.05) is 36.4 Å². The van der Waals surface area contributed by atoms with E-state index in [-0.39, 0.29) is 11.3 Å². The van der Waals surface area contributed by atoms with Gasteiger partial charge in [0.05, 0.1) is 23.6 Å². The summed E-state index contributed by atoms with van der Waals surface area (Å²) in [7, 11) is 1.66. The highest BCUT2D eigenvalue weighted by molar-refractivity contribution is 6.42. The van der Waals surface area contributed by atoms with Gasteiger partial charge in [0.15, 0.2) is 0 Å². The fourth-order valence-electron chi connectivity index (χ4n) is 7.05. The van der Waals surface area contributed by atoms with Gasteiger partial charge < -0.3 is 14.5 Å². The lowest BCUT2D eigenvalue weighted by Gasteiger charge is -2.46. The summed E-state index contributed by atoms with van der Waals surface area (Å²) in [6, 6.07) is 14.7. The average molecular weight is 573 g/mol. The van der Waals surface area contributed by atoms with Crippen molar-refractivity contribution in [3.8, 4) is 5.75 Å². The number of nitrogens with zero attached hydrogens (tertiary/aromatic N) is 3. The first-order valence-electron chi connectivity index (χ1n) is 14.8. The predicted octanol–water partition coefficient (Wildman–Crippen LogP) is 6.45. The lowest BCUT2D eigenvalue weighted by atomic mass is 9.71. The zero-order chi connectivity index (χ0) is 27.2. The predicted molar refractivity (Wildman–Crippen MR) is 160 cm³/mol. The largest absolute Gasteiger partial charge is 0.496 e. The number of piperazine rings is 1. The van der Waals surface area contributed by atoms with Crippen molar-refractivity contribution in [2.45, 2.75) is 69.2 Å². The van der Waals surface area contributed by atoms with E-state index >= 15 is 0 Å². The van der Waals surface area contributed by atoms with Gasteiger partial charge in [-0.05, 0) is 62.4 Å². The number of halogens is 2. The fraction of sp³-hybridized carbons (Fsp3) is 0.594. The van der Waals surface area contributed by atoms with Gasteiger partial charge in [-0.25, -0.2) is 0 Å². The van der Waals surface area contributed by atoms with Gasteiger partial charge >= 0.3 is 0 Å². The van der Waals surface area contributed by atoms with Crippen LogP contribution in [0.15, 0.2) is 42.5 Å². The minimum atomic E-state index is -0.135. The molecule has 1 saturated carbocycles. The number of carbonyl (C=O) groups is 1. The third kappa shape index (κ3) is 6.93. The van der Waals surface area contributed by atoms with Gasteiger partial charge in [0.2, 0.25) is 5.91 Å². The second kappa shape index (κ2) is 13.2. The monoisotopic (exact) mass is 571 g/mol. The molecule has 0 aromatic heterocycles. The normalized spacial score (nSPS) is 23.6. The summed E-state index contributed by atoms with van der Waals surface area (Å²) in [5.74, 6) is 0.927. The number of piperidine rings is 1. The van der Waals surface area contributed by atoms with E-state index < -0.39 is 0 Å². The molecular formula is C32H43Cl2N3O2. The second-order valence-corrected chi connectivity index (χ2v) is 12.6. The number of hydrogen-bond donors (Lipinski definition) is 0. The number of ether oxygens (including phenoxy) is 1. The molecule has 1 atom stereocenters. The molecule has 0 bridgehead atoms. The topological polar surface area (TPSA) is 36.0 Å². The van der Waals surface area contributed by atoms with Crippen molar-refractivity contribution in [1.82, 2.24) is 14.7 Å². The quantitative estimate of drug-likeness (QED) is 0.365. The molecule has 0 spiro atoms. The third-order valence-electron chi connectivity index (χ3n) is 9.40. The standard InChI is InChI=1S/C32H43Cl2N3O2/c1-39-30-11-6-5-8-25(30)22-31(38)37-16-7-14-32(24-37,26-12-13-28(33)29(34)23-26)15-17-35-18-20-36(21-19-35)27-9-3-2-4-10-27/h5-6,8,11-13,23,27H,2-4,7,9-10,14-22,24H2,1H3.